The van der Waals surface area contributed by atoms with Crippen molar-refractivity contribution in [3.05, 3.63) is 59.2 Å². The van der Waals surface area contributed by atoms with E-state index in [2.05, 4.69) is 10.0 Å². The molecule has 0 bridgehead atoms. The molecule has 0 aliphatic heterocycles. The summed E-state index contributed by atoms with van der Waals surface area (Å²) in [6, 6.07) is 11.7. The van der Waals surface area contributed by atoms with E-state index in [-0.39, 0.29) is 10.8 Å². The molecule has 0 aliphatic rings. The molecule has 0 radical (unpaired) electrons. The molecule has 6 heteroatoms. The first-order valence-corrected chi connectivity index (χ1v) is 8.24. The van der Waals surface area contributed by atoms with Crippen LogP contribution in [0.25, 0.3) is 0 Å². The SMILES string of the molecule is CNS(=O)(=O)c1ccc(NC(=O)c2cc(C)ccc2C)cc1. The maximum atomic E-state index is 12.3. The zero-order valence-electron chi connectivity index (χ0n) is 12.7. The Hall–Kier alpha value is -2.18. The molecule has 22 heavy (non-hydrogen) atoms. The van der Waals surface area contributed by atoms with Crippen LogP contribution in [0.15, 0.2) is 47.4 Å². The van der Waals surface area contributed by atoms with Gasteiger partial charge in [-0.05, 0) is 56.8 Å². The van der Waals surface area contributed by atoms with Gasteiger partial charge in [0.15, 0.2) is 0 Å². The summed E-state index contributed by atoms with van der Waals surface area (Å²) in [5.41, 5.74) is 3.04. The molecule has 0 spiro atoms. The molecule has 2 rings (SSSR count). The number of anilines is 1. The van der Waals surface area contributed by atoms with Crippen LogP contribution in [0.4, 0.5) is 5.69 Å². The third kappa shape index (κ3) is 3.52. The first-order valence-electron chi connectivity index (χ1n) is 6.76. The molecule has 116 valence electrons. The van der Waals surface area contributed by atoms with E-state index in [0.717, 1.165) is 11.1 Å². The number of hydrogen-bond donors (Lipinski definition) is 2. The number of benzene rings is 2. The maximum Gasteiger partial charge on any atom is 0.255 e. The molecule has 0 fully saturated rings. The number of carbonyl (C=O) groups excluding carboxylic acids is 1. The zero-order valence-corrected chi connectivity index (χ0v) is 13.5. The minimum absolute atomic E-state index is 0.153. The van der Waals surface area contributed by atoms with Crippen molar-refractivity contribution in [3.63, 3.8) is 0 Å². The second-order valence-corrected chi connectivity index (χ2v) is 6.89. The van der Waals surface area contributed by atoms with E-state index < -0.39 is 10.0 Å². The molecule has 2 N–H and O–H groups in total. The number of carbonyl (C=O) groups is 1. The van der Waals surface area contributed by atoms with Gasteiger partial charge in [0.25, 0.3) is 5.91 Å². The molecule has 2 aromatic carbocycles. The molecular weight excluding hydrogens is 300 g/mol. The number of rotatable bonds is 4. The number of hydrogen-bond acceptors (Lipinski definition) is 3. The number of sulfonamides is 1. The summed E-state index contributed by atoms with van der Waals surface area (Å²) in [5, 5.41) is 2.77. The monoisotopic (exact) mass is 318 g/mol. The summed E-state index contributed by atoms with van der Waals surface area (Å²) in [6.45, 7) is 3.80. The highest BCUT2D eigenvalue weighted by molar-refractivity contribution is 7.89. The van der Waals surface area contributed by atoms with E-state index in [0.29, 0.717) is 11.3 Å². The van der Waals surface area contributed by atoms with Gasteiger partial charge in [0, 0.05) is 11.3 Å². The predicted octanol–water partition coefficient (Wildman–Crippen LogP) is 2.46. The van der Waals surface area contributed by atoms with Crippen molar-refractivity contribution < 1.29 is 13.2 Å². The molecule has 0 unspecified atom stereocenters. The summed E-state index contributed by atoms with van der Waals surface area (Å²) in [5.74, 6) is -0.217. The summed E-state index contributed by atoms with van der Waals surface area (Å²) in [7, 11) is -2.12. The van der Waals surface area contributed by atoms with E-state index in [1.807, 2.05) is 32.0 Å². The van der Waals surface area contributed by atoms with Gasteiger partial charge < -0.3 is 5.32 Å². The largest absolute Gasteiger partial charge is 0.322 e. The van der Waals surface area contributed by atoms with Crippen LogP contribution in [-0.4, -0.2) is 21.4 Å². The minimum atomic E-state index is -3.47. The minimum Gasteiger partial charge on any atom is -0.322 e. The average Bonchev–Trinajstić information content (AvgIpc) is 2.50. The molecule has 0 aliphatic carbocycles. The molecule has 1 amide bonds. The van der Waals surface area contributed by atoms with Crippen LogP contribution >= 0.6 is 0 Å². The average molecular weight is 318 g/mol. The lowest BCUT2D eigenvalue weighted by molar-refractivity contribution is 0.102. The molecular formula is C16H18N2O3S. The molecule has 0 heterocycles. The fraction of sp³-hybridized carbons (Fsp3) is 0.188. The van der Waals surface area contributed by atoms with Crippen LogP contribution in [0.1, 0.15) is 21.5 Å². The lowest BCUT2D eigenvalue weighted by atomic mass is 10.1. The fourth-order valence-corrected chi connectivity index (χ4v) is 2.74. The summed E-state index contributed by atoms with van der Waals surface area (Å²) >= 11 is 0. The summed E-state index contributed by atoms with van der Waals surface area (Å²) < 4.78 is 25.5. The van der Waals surface area contributed by atoms with Crippen LogP contribution in [0, 0.1) is 13.8 Å². The van der Waals surface area contributed by atoms with Gasteiger partial charge in [-0.3, -0.25) is 4.79 Å². The Morgan fingerprint density at radius 2 is 1.64 bits per heavy atom. The molecule has 0 saturated carbocycles. The first kappa shape index (κ1) is 16.2. The van der Waals surface area contributed by atoms with E-state index in [1.165, 1.54) is 19.2 Å². The normalized spacial score (nSPS) is 11.2. The molecule has 2 aromatic rings. The van der Waals surface area contributed by atoms with Gasteiger partial charge in [0.05, 0.1) is 4.90 Å². The fourth-order valence-electron chi connectivity index (χ4n) is 2.01. The smallest absolute Gasteiger partial charge is 0.255 e. The Morgan fingerprint density at radius 3 is 2.23 bits per heavy atom. The zero-order chi connectivity index (χ0) is 16.3. The predicted molar refractivity (Wildman–Crippen MR) is 86.6 cm³/mol. The number of amides is 1. The van der Waals surface area contributed by atoms with Crippen LogP contribution in [0.2, 0.25) is 0 Å². The number of nitrogens with one attached hydrogen (secondary N) is 2. The molecule has 5 nitrogen and oxygen atoms in total. The van der Waals surface area contributed by atoms with Gasteiger partial charge in [-0.2, -0.15) is 0 Å². The quantitative estimate of drug-likeness (QED) is 0.909. The summed E-state index contributed by atoms with van der Waals surface area (Å²) in [6.07, 6.45) is 0. The van der Waals surface area contributed by atoms with Gasteiger partial charge in [-0.15, -0.1) is 0 Å². The van der Waals surface area contributed by atoms with Crippen LogP contribution in [0.3, 0.4) is 0 Å². The van der Waals surface area contributed by atoms with Gasteiger partial charge in [0.1, 0.15) is 0 Å². The van der Waals surface area contributed by atoms with Crippen LogP contribution < -0.4 is 10.0 Å². The highest BCUT2D eigenvalue weighted by Crippen LogP contribution is 2.16. The Morgan fingerprint density at radius 1 is 1.00 bits per heavy atom. The standard InChI is InChI=1S/C16H18N2O3S/c1-11-4-5-12(2)15(10-11)16(19)18-13-6-8-14(9-7-13)22(20,21)17-3/h4-10,17H,1-3H3,(H,18,19). The highest BCUT2D eigenvalue weighted by Gasteiger charge is 2.12. The van der Waals surface area contributed by atoms with E-state index in [1.54, 1.807) is 12.1 Å². The summed E-state index contributed by atoms with van der Waals surface area (Å²) in [4.78, 5) is 12.4. The maximum absolute atomic E-state index is 12.3. The Balaban J connectivity index is 2.21. The highest BCUT2D eigenvalue weighted by atomic mass is 32.2. The van der Waals surface area contributed by atoms with Gasteiger partial charge in [-0.25, -0.2) is 13.1 Å². The topological polar surface area (TPSA) is 75.3 Å². The Labute approximate surface area is 130 Å². The van der Waals surface area contributed by atoms with Crippen molar-refractivity contribution in [1.82, 2.24) is 4.72 Å². The first-order chi connectivity index (χ1) is 10.3. The third-order valence-corrected chi connectivity index (χ3v) is 4.76. The van der Waals surface area contributed by atoms with Crippen molar-refractivity contribution in [1.29, 1.82) is 0 Å². The van der Waals surface area contributed by atoms with Crippen LogP contribution in [-0.2, 0) is 10.0 Å². The van der Waals surface area contributed by atoms with Gasteiger partial charge >= 0.3 is 0 Å². The van der Waals surface area contributed by atoms with Crippen molar-refractivity contribution >= 4 is 21.6 Å². The van der Waals surface area contributed by atoms with Crippen molar-refractivity contribution in [3.8, 4) is 0 Å². The van der Waals surface area contributed by atoms with Crippen LogP contribution in [0.5, 0.6) is 0 Å². The van der Waals surface area contributed by atoms with Gasteiger partial charge in [-0.1, -0.05) is 17.7 Å². The van der Waals surface area contributed by atoms with Crippen molar-refractivity contribution in [2.24, 2.45) is 0 Å². The Bertz CT molecular complexity index is 797. The van der Waals surface area contributed by atoms with E-state index in [4.69, 9.17) is 0 Å². The number of aryl methyl sites for hydroxylation is 2. The molecule has 0 aromatic heterocycles. The van der Waals surface area contributed by atoms with E-state index >= 15 is 0 Å². The second-order valence-electron chi connectivity index (χ2n) is 5.00. The molecule has 0 saturated heterocycles. The third-order valence-electron chi connectivity index (χ3n) is 3.33. The Kier molecular flexibility index (Phi) is 4.63. The van der Waals surface area contributed by atoms with Crippen molar-refractivity contribution in [2.75, 3.05) is 12.4 Å². The lowest BCUT2D eigenvalue weighted by Gasteiger charge is -2.09. The van der Waals surface area contributed by atoms with Crippen molar-refractivity contribution in [2.45, 2.75) is 18.7 Å². The second kappa shape index (κ2) is 6.29. The van der Waals surface area contributed by atoms with Gasteiger partial charge in [0.2, 0.25) is 10.0 Å². The lowest BCUT2D eigenvalue weighted by Crippen LogP contribution is -2.18. The van der Waals surface area contributed by atoms with E-state index in [9.17, 15) is 13.2 Å². The molecule has 0 atom stereocenters.